The van der Waals surface area contributed by atoms with Crippen molar-refractivity contribution in [2.75, 3.05) is 33.7 Å². The first-order chi connectivity index (χ1) is 7.61. The van der Waals surface area contributed by atoms with E-state index in [0.29, 0.717) is 6.04 Å². The SMILES string of the molecule is CCCCNC(=NC)NCCN(C)C(C)C. The Labute approximate surface area is 101 Å². The monoisotopic (exact) mass is 228 g/mol. The van der Waals surface area contributed by atoms with Crippen molar-refractivity contribution in [3.05, 3.63) is 0 Å². The summed E-state index contributed by atoms with van der Waals surface area (Å²) in [6.45, 7) is 9.56. The zero-order chi connectivity index (χ0) is 12.4. The molecule has 0 aromatic heterocycles. The molecule has 4 nitrogen and oxygen atoms in total. The predicted molar refractivity (Wildman–Crippen MR) is 72.0 cm³/mol. The Morgan fingerprint density at radius 3 is 2.38 bits per heavy atom. The van der Waals surface area contributed by atoms with Crippen molar-refractivity contribution in [3.63, 3.8) is 0 Å². The van der Waals surface area contributed by atoms with Gasteiger partial charge in [0.05, 0.1) is 0 Å². The van der Waals surface area contributed by atoms with E-state index in [1.807, 2.05) is 7.05 Å². The average Bonchev–Trinajstić information content (AvgIpc) is 2.26. The number of hydrogen-bond donors (Lipinski definition) is 2. The lowest BCUT2D eigenvalue weighted by Gasteiger charge is -2.21. The Morgan fingerprint density at radius 2 is 1.88 bits per heavy atom. The second-order valence-corrected chi connectivity index (χ2v) is 4.35. The van der Waals surface area contributed by atoms with Gasteiger partial charge in [0.25, 0.3) is 0 Å². The number of unbranched alkanes of at least 4 members (excludes halogenated alkanes) is 1. The third-order valence-corrected chi connectivity index (χ3v) is 2.68. The van der Waals surface area contributed by atoms with Crippen molar-refractivity contribution in [2.24, 2.45) is 4.99 Å². The van der Waals surface area contributed by atoms with Crippen molar-refractivity contribution >= 4 is 5.96 Å². The molecule has 0 aliphatic heterocycles. The first kappa shape index (κ1) is 15.2. The van der Waals surface area contributed by atoms with E-state index < -0.39 is 0 Å². The predicted octanol–water partition coefficient (Wildman–Crippen LogP) is 1.29. The smallest absolute Gasteiger partial charge is 0.191 e. The summed E-state index contributed by atoms with van der Waals surface area (Å²) < 4.78 is 0. The van der Waals surface area contributed by atoms with Crippen LogP contribution in [0.4, 0.5) is 0 Å². The van der Waals surface area contributed by atoms with E-state index in [-0.39, 0.29) is 0 Å². The summed E-state index contributed by atoms with van der Waals surface area (Å²) in [6.07, 6.45) is 2.40. The van der Waals surface area contributed by atoms with Crippen molar-refractivity contribution in [1.82, 2.24) is 15.5 Å². The summed E-state index contributed by atoms with van der Waals surface area (Å²) in [6, 6.07) is 0.594. The van der Waals surface area contributed by atoms with Gasteiger partial charge in [0, 0.05) is 32.7 Å². The highest BCUT2D eigenvalue weighted by atomic mass is 15.2. The van der Waals surface area contributed by atoms with Crippen LogP contribution in [0.1, 0.15) is 33.6 Å². The molecule has 0 fully saturated rings. The fourth-order valence-electron chi connectivity index (χ4n) is 1.21. The van der Waals surface area contributed by atoms with Crippen LogP contribution in [0, 0.1) is 0 Å². The Kier molecular flexibility index (Phi) is 9.00. The van der Waals surface area contributed by atoms with E-state index in [1.54, 1.807) is 0 Å². The van der Waals surface area contributed by atoms with Crippen LogP contribution in [-0.2, 0) is 0 Å². The van der Waals surface area contributed by atoms with Crippen LogP contribution in [0.25, 0.3) is 0 Å². The number of aliphatic imine (C=N–C) groups is 1. The number of hydrogen-bond acceptors (Lipinski definition) is 2. The van der Waals surface area contributed by atoms with E-state index in [0.717, 1.165) is 25.6 Å². The first-order valence-corrected chi connectivity index (χ1v) is 6.26. The second-order valence-electron chi connectivity index (χ2n) is 4.35. The van der Waals surface area contributed by atoms with Gasteiger partial charge in [-0.25, -0.2) is 0 Å². The van der Waals surface area contributed by atoms with Gasteiger partial charge in [-0.3, -0.25) is 4.99 Å². The number of nitrogens with zero attached hydrogens (tertiary/aromatic N) is 2. The average molecular weight is 228 g/mol. The molecule has 0 aliphatic carbocycles. The van der Waals surface area contributed by atoms with E-state index in [4.69, 9.17) is 0 Å². The number of rotatable bonds is 7. The normalized spacial score (nSPS) is 12.3. The van der Waals surface area contributed by atoms with Crippen LogP contribution in [0.5, 0.6) is 0 Å². The molecule has 0 aliphatic rings. The van der Waals surface area contributed by atoms with Crippen molar-refractivity contribution in [2.45, 2.75) is 39.7 Å². The van der Waals surface area contributed by atoms with Gasteiger partial charge in [-0.2, -0.15) is 0 Å². The van der Waals surface area contributed by atoms with Crippen LogP contribution >= 0.6 is 0 Å². The third-order valence-electron chi connectivity index (χ3n) is 2.68. The molecule has 0 rings (SSSR count). The zero-order valence-electron chi connectivity index (χ0n) is 11.5. The lowest BCUT2D eigenvalue weighted by atomic mass is 10.3. The van der Waals surface area contributed by atoms with Gasteiger partial charge in [0.1, 0.15) is 0 Å². The maximum Gasteiger partial charge on any atom is 0.191 e. The molecule has 0 saturated carbocycles. The summed E-state index contributed by atoms with van der Waals surface area (Å²) >= 11 is 0. The molecule has 0 aromatic rings. The molecular weight excluding hydrogens is 200 g/mol. The maximum absolute atomic E-state index is 4.18. The minimum atomic E-state index is 0.594. The molecule has 0 radical (unpaired) electrons. The van der Waals surface area contributed by atoms with Crippen LogP contribution in [0.3, 0.4) is 0 Å². The summed E-state index contributed by atoms with van der Waals surface area (Å²) in [7, 11) is 3.95. The van der Waals surface area contributed by atoms with Gasteiger partial charge < -0.3 is 15.5 Å². The highest BCUT2D eigenvalue weighted by molar-refractivity contribution is 5.79. The van der Waals surface area contributed by atoms with Gasteiger partial charge in [-0.15, -0.1) is 0 Å². The summed E-state index contributed by atoms with van der Waals surface area (Å²) in [5, 5.41) is 6.60. The lowest BCUT2D eigenvalue weighted by Crippen LogP contribution is -2.42. The van der Waals surface area contributed by atoms with E-state index in [2.05, 4.69) is 48.3 Å². The van der Waals surface area contributed by atoms with Crippen LogP contribution in [0.2, 0.25) is 0 Å². The fraction of sp³-hybridized carbons (Fsp3) is 0.917. The van der Waals surface area contributed by atoms with E-state index in [1.165, 1.54) is 12.8 Å². The van der Waals surface area contributed by atoms with Crippen LogP contribution < -0.4 is 10.6 Å². The standard InChI is InChI=1S/C12H28N4/c1-6-7-8-14-12(13-4)15-9-10-16(5)11(2)3/h11H,6-10H2,1-5H3,(H2,13,14,15). The number of likely N-dealkylation sites (N-methyl/N-ethyl adjacent to an activating group) is 1. The van der Waals surface area contributed by atoms with Crippen LogP contribution in [0.15, 0.2) is 4.99 Å². The van der Waals surface area contributed by atoms with Crippen LogP contribution in [-0.4, -0.2) is 50.6 Å². The van der Waals surface area contributed by atoms with Crippen molar-refractivity contribution < 1.29 is 0 Å². The van der Waals surface area contributed by atoms with E-state index >= 15 is 0 Å². The van der Waals surface area contributed by atoms with Gasteiger partial charge >= 0.3 is 0 Å². The lowest BCUT2D eigenvalue weighted by molar-refractivity contribution is 0.278. The van der Waals surface area contributed by atoms with Crippen molar-refractivity contribution in [1.29, 1.82) is 0 Å². The quantitative estimate of drug-likeness (QED) is 0.392. The molecule has 0 amide bonds. The Hall–Kier alpha value is -0.770. The molecule has 4 heteroatoms. The highest BCUT2D eigenvalue weighted by Crippen LogP contribution is 1.90. The number of guanidine groups is 1. The summed E-state index contributed by atoms with van der Waals surface area (Å²) in [5.41, 5.74) is 0. The van der Waals surface area contributed by atoms with Crippen molar-refractivity contribution in [3.8, 4) is 0 Å². The second kappa shape index (κ2) is 9.46. The minimum Gasteiger partial charge on any atom is -0.356 e. The molecule has 0 saturated heterocycles. The molecule has 16 heavy (non-hydrogen) atoms. The van der Waals surface area contributed by atoms with E-state index in [9.17, 15) is 0 Å². The molecule has 0 heterocycles. The molecule has 96 valence electrons. The topological polar surface area (TPSA) is 39.7 Å². The third kappa shape index (κ3) is 7.51. The molecule has 0 bridgehead atoms. The highest BCUT2D eigenvalue weighted by Gasteiger charge is 2.02. The molecule has 2 N–H and O–H groups in total. The summed E-state index contributed by atoms with van der Waals surface area (Å²) in [4.78, 5) is 6.49. The molecule has 0 spiro atoms. The van der Waals surface area contributed by atoms with Gasteiger partial charge in [-0.1, -0.05) is 13.3 Å². The Bertz CT molecular complexity index is 189. The molecule has 0 atom stereocenters. The minimum absolute atomic E-state index is 0.594. The first-order valence-electron chi connectivity index (χ1n) is 6.26. The maximum atomic E-state index is 4.18. The molecular formula is C12H28N4. The summed E-state index contributed by atoms with van der Waals surface area (Å²) in [5.74, 6) is 0.908. The largest absolute Gasteiger partial charge is 0.356 e. The van der Waals surface area contributed by atoms with Gasteiger partial charge in [-0.05, 0) is 27.3 Å². The zero-order valence-corrected chi connectivity index (χ0v) is 11.5. The Balaban J connectivity index is 3.64. The van der Waals surface area contributed by atoms with Gasteiger partial charge in [0.2, 0.25) is 0 Å². The Morgan fingerprint density at radius 1 is 1.25 bits per heavy atom. The molecule has 0 unspecified atom stereocenters. The molecule has 0 aromatic carbocycles. The number of nitrogens with one attached hydrogen (secondary N) is 2. The fourth-order valence-corrected chi connectivity index (χ4v) is 1.21. The van der Waals surface area contributed by atoms with Gasteiger partial charge in [0.15, 0.2) is 5.96 Å².